The Hall–Kier alpha value is -1.89. The van der Waals surface area contributed by atoms with Crippen molar-refractivity contribution in [1.82, 2.24) is 5.32 Å². The Morgan fingerprint density at radius 3 is 2.82 bits per heavy atom. The van der Waals surface area contributed by atoms with Crippen LogP contribution in [0.4, 0.5) is 8.78 Å². The third-order valence-electron chi connectivity index (χ3n) is 3.92. The van der Waals surface area contributed by atoms with Gasteiger partial charge >= 0.3 is 6.61 Å². The molecule has 1 fully saturated rings. The van der Waals surface area contributed by atoms with Crippen LogP contribution in [-0.2, 0) is 0 Å². The van der Waals surface area contributed by atoms with Crippen molar-refractivity contribution in [2.24, 2.45) is 11.7 Å². The van der Waals surface area contributed by atoms with Crippen molar-refractivity contribution in [2.75, 3.05) is 13.7 Å². The number of ether oxygens (including phenoxy) is 2. The topological polar surface area (TPSA) is 73.6 Å². The van der Waals surface area contributed by atoms with Gasteiger partial charge in [0.05, 0.1) is 7.11 Å². The van der Waals surface area contributed by atoms with Gasteiger partial charge in [-0.15, -0.1) is 0 Å². The van der Waals surface area contributed by atoms with Gasteiger partial charge in [0.15, 0.2) is 11.5 Å². The third-order valence-corrected chi connectivity index (χ3v) is 3.92. The smallest absolute Gasteiger partial charge is 0.387 e. The van der Waals surface area contributed by atoms with Gasteiger partial charge in [-0.2, -0.15) is 8.78 Å². The molecule has 2 rings (SSSR count). The van der Waals surface area contributed by atoms with Gasteiger partial charge in [0.25, 0.3) is 5.91 Å². The number of carbonyl (C=O) groups excluding carboxylic acids is 1. The van der Waals surface area contributed by atoms with E-state index in [9.17, 15) is 13.6 Å². The maximum atomic E-state index is 12.4. The molecule has 0 aromatic heterocycles. The molecule has 3 N–H and O–H groups in total. The Balaban J connectivity index is 2.12. The number of alkyl halides is 2. The van der Waals surface area contributed by atoms with Crippen molar-refractivity contribution in [3.63, 3.8) is 0 Å². The van der Waals surface area contributed by atoms with E-state index in [1.54, 1.807) is 0 Å². The highest BCUT2D eigenvalue weighted by molar-refractivity contribution is 5.95. The molecule has 1 amide bonds. The van der Waals surface area contributed by atoms with E-state index in [-0.39, 0.29) is 34.9 Å². The van der Waals surface area contributed by atoms with Crippen LogP contribution in [0.1, 0.15) is 29.6 Å². The summed E-state index contributed by atoms with van der Waals surface area (Å²) >= 11 is 0. The van der Waals surface area contributed by atoms with Crippen molar-refractivity contribution in [3.05, 3.63) is 23.8 Å². The van der Waals surface area contributed by atoms with Crippen LogP contribution in [-0.4, -0.2) is 32.2 Å². The predicted molar refractivity (Wildman–Crippen MR) is 77.3 cm³/mol. The van der Waals surface area contributed by atoms with Crippen LogP contribution < -0.4 is 20.5 Å². The molecule has 0 spiro atoms. The number of methoxy groups -OCH3 is 1. The summed E-state index contributed by atoms with van der Waals surface area (Å²) in [5.41, 5.74) is 5.93. The Labute approximate surface area is 127 Å². The number of nitrogens with two attached hydrogens (primary N) is 1. The normalized spacial score (nSPS) is 21.0. The molecule has 1 aliphatic carbocycles. The monoisotopic (exact) mass is 314 g/mol. The van der Waals surface area contributed by atoms with E-state index in [1.165, 1.54) is 25.3 Å². The lowest BCUT2D eigenvalue weighted by molar-refractivity contribution is -0.0512. The van der Waals surface area contributed by atoms with Gasteiger partial charge in [-0.1, -0.05) is 6.42 Å². The van der Waals surface area contributed by atoms with Crippen LogP contribution in [0.25, 0.3) is 0 Å². The molecule has 5 nitrogen and oxygen atoms in total. The molecule has 0 radical (unpaired) electrons. The maximum Gasteiger partial charge on any atom is 0.387 e. The highest BCUT2D eigenvalue weighted by Gasteiger charge is 2.27. The number of halogens is 2. The first kappa shape index (κ1) is 16.5. The molecule has 1 saturated carbocycles. The number of hydrogen-bond acceptors (Lipinski definition) is 4. The molecule has 0 heterocycles. The molecule has 2 unspecified atom stereocenters. The Bertz CT molecular complexity index is 526. The minimum atomic E-state index is -2.98. The number of rotatable bonds is 6. The molecule has 0 aliphatic heterocycles. The minimum absolute atomic E-state index is 0.0269. The molecule has 7 heteroatoms. The lowest BCUT2D eigenvalue weighted by Gasteiger charge is -2.20. The molecule has 122 valence electrons. The van der Waals surface area contributed by atoms with E-state index in [0.717, 1.165) is 19.3 Å². The van der Waals surface area contributed by atoms with Gasteiger partial charge in [-0.25, -0.2) is 0 Å². The molecule has 22 heavy (non-hydrogen) atoms. The highest BCUT2D eigenvalue weighted by atomic mass is 19.3. The number of hydrogen-bond donors (Lipinski definition) is 2. The van der Waals surface area contributed by atoms with Gasteiger partial charge in [0.1, 0.15) is 0 Å². The van der Waals surface area contributed by atoms with Crippen molar-refractivity contribution in [3.8, 4) is 11.5 Å². The Kier molecular flexibility index (Phi) is 5.54. The van der Waals surface area contributed by atoms with Crippen LogP contribution in [0, 0.1) is 5.92 Å². The average molecular weight is 314 g/mol. The van der Waals surface area contributed by atoms with Crippen molar-refractivity contribution < 1.29 is 23.0 Å². The first-order chi connectivity index (χ1) is 10.5. The molecule has 1 aromatic carbocycles. The van der Waals surface area contributed by atoms with Crippen molar-refractivity contribution in [2.45, 2.75) is 31.9 Å². The zero-order valence-corrected chi connectivity index (χ0v) is 12.4. The lowest BCUT2D eigenvalue weighted by atomic mass is 10.0. The second-order valence-electron chi connectivity index (χ2n) is 5.25. The highest BCUT2D eigenvalue weighted by Crippen LogP contribution is 2.30. The van der Waals surface area contributed by atoms with E-state index in [0.29, 0.717) is 6.54 Å². The molecular weight excluding hydrogens is 294 g/mol. The van der Waals surface area contributed by atoms with Crippen LogP contribution >= 0.6 is 0 Å². The molecular formula is C15H20F2N2O3. The first-order valence-electron chi connectivity index (χ1n) is 7.19. The molecule has 1 aromatic rings. The fourth-order valence-electron chi connectivity index (χ4n) is 2.77. The van der Waals surface area contributed by atoms with Crippen LogP contribution in [0.2, 0.25) is 0 Å². The zero-order chi connectivity index (χ0) is 16.1. The Morgan fingerprint density at radius 2 is 2.18 bits per heavy atom. The largest absolute Gasteiger partial charge is 0.493 e. The van der Waals surface area contributed by atoms with Crippen molar-refractivity contribution in [1.29, 1.82) is 0 Å². The summed E-state index contributed by atoms with van der Waals surface area (Å²) in [6.45, 7) is -2.46. The van der Waals surface area contributed by atoms with E-state index < -0.39 is 6.61 Å². The second kappa shape index (κ2) is 7.40. The lowest BCUT2D eigenvalue weighted by Crippen LogP contribution is -2.39. The quantitative estimate of drug-likeness (QED) is 0.844. The van der Waals surface area contributed by atoms with Gasteiger partial charge in [0.2, 0.25) is 0 Å². The summed E-state index contributed by atoms with van der Waals surface area (Å²) in [6, 6.07) is 4.23. The molecule has 0 bridgehead atoms. The van der Waals surface area contributed by atoms with E-state index in [2.05, 4.69) is 10.1 Å². The molecule has 0 saturated heterocycles. The van der Waals surface area contributed by atoms with Gasteiger partial charge in [0, 0.05) is 11.6 Å². The zero-order valence-electron chi connectivity index (χ0n) is 12.4. The van der Waals surface area contributed by atoms with E-state index in [4.69, 9.17) is 10.5 Å². The number of nitrogens with one attached hydrogen (secondary N) is 1. The van der Waals surface area contributed by atoms with E-state index in [1.807, 2.05) is 0 Å². The maximum absolute atomic E-state index is 12.4. The van der Waals surface area contributed by atoms with Crippen LogP contribution in [0.5, 0.6) is 11.5 Å². The second-order valence-corrected chi connectivity index (χ2v) is 5.25. The van der Waals surface area contributed by atoms with Crippen LogP contribution in [0.15, 0.2) is 18.2 Å². The average Bonchev–Trinajstić information content (AvgIpc) is 2.93. The summed E-state index contributed by atoms with van der Waals surface area (Å²) in [7, 11) is 1.35. The first-order valence-corrected chi connectivity index (χ1v) is 7.19. The SMILES string of the molecule is COc1ccc(C(=O)NC2CCCC2CN)cc1OC(F)F. The van der Waals surface area contributed by atoms with Gasteiger partial charge in [-0.05, 0) is 43.5 Å². The molecule has 2 atom stereocenters. The van der Waals surface area contributed by atoms with Crippen molar-refractivity contribution >= 4 is 5.91 Å². The van der Waals surface area contributed by atoms with E-state index >= 15 is 0 Å². The fourth-order valence-corrected chi connectivity index (χ4v) is 2.77. The Morgan fingerprint density at radius 1 is 1.41 bits per heavy atom. The summed E-state index contributed by atoms with van der Waals surface area (Å²) in [6.07, 6.45) is 2.89. The number of benzene rings is 1. The van der Waals surface area contributed by atoms with Gasteiger partial charge in [-0.3, -0.25) is 4.79 Å². The third kappa shape index (κ3) is 3.85. The molecule has 1 aliphatic rings. The fraction of sp³-hybridized carbons (Fsp3) is 0.533. The summed E-state index contributed by atoms with van der Waals surface area (Å²) in [4.78, 5) is 12.3. The standard InChI is InChI=1S/C15H20F2N2O3/c1-21-12-6-5-9(7-13(12)22-15(16)17)14(20)19-11-4-2-3-10(11)8-18/h5-7,10-11,15H,2-4,8,18H2,1H3,(H,19,20). The van der Waals surface area contributed by atoms with Gasteiger partial charge < -0.3 is 20.5 Å². The van der Waals surface area contributed by atoms with Crippen LogP contribution in [0.3, 0.4) is 0 Å². The number of carbonyl (C=O) groups is 1. The summed E-state index contributed by atoms with van der Waals surface area (Å²) in [5, 5.41) is 2.91. The number of amides is 1. The predicted octanol–water partition coefficient (Wildman–Crippen LogP) is 2.15. The minimum Gasteiger partial charge on any atom is -0.493 e. The summed E-state index contributed by atoms with van der Waals surface area (Å²) in [5.74, 6) is -0.0735. The summed E-state index contributed by atoms with van der Waals surface area (Å²) < 4.78 is 34.1.